The second-order valence-electron chi connectivity index (χ2n) is 18.7. The summed E-state index contributed by atoms with van der Waals surface area (Å²) in [5.74, 6) is -1.42. The highest BCUT2D eigenvalue weighted by atomic mass is 16.2. The van der Waals surface area contributed by atoms with Gasteiger partial charge in [0.1, 0.15) is 24.2 Å². The van der Waals surface area contributed by atoms with Crippen LogP contribution in [0.3, 0.4) is 0 Å². The Balaban J connectivity index is 0.982. The van der Waals surface area contributed by atoms with Gasteiger partial charge in [-0.2, -0.15) is 0 Å². The van der Waals surface area contributed by atoms with Crippen molar-refractivity contribution in [2.24, 2.45) is 0 Å². The van der Waals surface area contributed by atoms with Crippen LogP contribution < -0.4 is 31.9 Å². The van der Waals surface area contributed by atoms with Crippen molar-refractivity contribution in [1.29, 1.82) is 0 Å². The van der Waals surface area contributed by atoms with Gasteiger partial charge in [0.05, 0.1) is 24.2 Å². The molecule has 0 spiro atoms. The summed E-state index contributed by atoms with van der Waals surface area (Å²) < 4.78 is 0. The summed E-state index contributed by atoms with van der Waals surface area (Å²) in [6.07, 6.45) is 10.0. The summed E-state index contributed by atoms with van der Waals surface area (Å²) in [6, 6.07) is 20.2. The van der Waals surface area contributed by atoms with Crippen LogP contribution in [-0.4, -0.2) is 109 Å². The Bertz CT molecular complexity index is 2200. The molecule has 8 unspecified atom stereocenters. The Kier molecular flexibility index (Phi) is 16.6. The molecule has 0 saturated carbocycles. The van der Waals surface area contributed by atoms with Crippen molar-refractivity contribution in [1.82, 2.24) is 41.7 Å². The molecule has 7 rings (SSSR count). The number of benzene rings is 3. The largest absolute Gasteiger partial charge is 0.347 e. The predicted molar refractivity (Wildman–Crippen MR) is 254 cm³/mol. The molecule has 14 nitrogen and oxygen atoms in total. The summed E-state index contributed by atoms with van der Waals surface area (Å²) in [4.78, 5) is 86.1. The molecule has 66 heavy (non-hydrogen) atoms. The molecular weight excluding hydrogens is 833 g/mol. The molecule has 0 bridgehead atoms. The van der Waals surface area contributed by atoms with E-state index in [0.717, 1.165) is 60.8 Å². The van der Waals surface area contributed by atoms with Crippen LogP contribution in [0.4, 0.5) is 0 Å². The molecule has 2 fully saturated rings. The van der Waals surface area contributed by atoms with E-state index in [-0.39, 0.29) is 53.9 Å². The molecule has 3 aromatic carbocycles. The number of hydrogen-bond acceptors (Lipinski definition) is 8. The molecule has 0 aromatic heterocycles. The molecule has 354 valence electrons. The maximum atomic E-state index is 14.4. The highest BCUT2D eigenvalue weighted by Crippen LogP contribution is 2.32. The number of carbonyl (C=O) groups excluding carboxylic acids is 6. The van der Waals surface area contributed by atoms with Crippen LogP contribution in [0.2, 0.25) is 0 Å². The number of nitrogens with zero attached hydrogens (tertiary/aromatic N) is 2. The zero-order chi connectivity index (χ0) is 46.7. The van der Waals surface area contributed by atoms with Crippen molar-refractivity contribution in [2.45, 2.75) is 152 Å². The number of fused-ring (bicyclic) bond motifs is 2. The monoisotopic (exact) mass is 903 g/mol. The van der Waals surface area contributed by atoms with Gasteiger partial charge in [-0.1, -0.05) is 72.8 Å². The maximum absolute atomic E-state index is 14.4. The molecule has 2 aliphatic heterocycles. The Hall–Kier alpha value is -5.60. The van der Waals surface area contributed by atoms with Crippen molar-refractivity contribution in [3.8, 4) is 0 Å². The minimum Gasteiger partial charge on any atom is -0.347 e. The van der Waals surface area contributed by atoms with Gasteiger partial charge in [-0.3, -0.25) is 28.8 Å². The van der Waals surface area contributed by atoms with Gasteiger partial charge in [0.15, 0.2) is 0 Å². The molecule has 2 aliphatic carbocycles. The highest BCUT2D eigenvalue weighted by molar-refractivity contribution is 5.95. The van der Waals surface area contributed by atoms with Gasteiger partial charge in [-0.05, 0) is 145 Å². The van der Waals surface area contributed by atoms with Gasteiger partial charge in [-0.15, -0.1) is 0 Å². The second-order valence-corrected chi connectivity index (χ2v) is 18.7. The Morgan fingerprint density at radius 2 is 1.03 bits per heavy atom. The molecule has 2 saturated heterocycles. The first-order chi connectivity index (χ1) is 31.9. The Labute approximate surface area is 390 Å². The summed E-state index contributed by atoms with van der Waals surface area (Å²) in [6.45, 7) is 4.37. The van der Waals surface area contributed by atoms with Crippen molar-refractivity contribution >= 4 is 35.4 Å². The van der Waals surface area contributed by atoms with Crippen molar-refractivity contribution in [3.63, 3.8) is 0 Å². The number of nitrogens with one attached hydrogen (secondary N) is 6. The lowest BCUT2D eigenvalue weighted by Gasteiger charge is -2.32. The van der Waals surface area contributed by atoms with Crippen molar-refractivity contribution in [3.05, 3.63) is 106 Å². The van der Waals surface area contributed by atoms with Gasteiger partial charge in [0.2, 0.25) is 35.4 Å². The molecule has 8 atom stereocenters. The van der Waals surface area contributed by atoms with Crippen LogP contribution in [0.1, 0.15) is 124 Å². The third-order valence-corrected chi connectivity index (χ3v) is 14.4. The van der Waals surface area contributed by atoms with Gasteiger partial charge in [0, 0.05) is 19.5 Å². The number of carbonyl (C=O) groups is 6. The normalized spacial score (nSPS) is 21.9. The van der Waals surface area contributed by atoms with E-state index < -0.39 is 36.3 Å². The second kappa shape index (κ2) is 22.7. The molecule has 14 heteroatoms. The zero-order valence-corrected chi connectivity index (χ0v) is 39.2. The fraction of sp³-hybridized carbons (Fsp3) is 0.538. The standard InChI is InChI=1S/C52H70N8O6/c1-33(53-3)47(61)57-43(51(65)59-30-12-24-45(59)49(63)55-41-21-10-17-37-15-5-7-19-39(37)41)23-9-14-35-26-28-36(29-27-35)32-44(58-48(62)34(2)54-4)52(66)60-31-13-25-46(60)50(64)56-42-22-11-18-38-16-6-8-20-40(38)42/h5-8,15-16,19-20,26-29,33-34,41-46,53-54H,9-14,17-18,21-25,30-32H2,1-4H3,(H,55,63)(H,56,64)(H,57,61)(H,58,62). The summed E-state index contributed by atoms with van der Waals surface area (Å²) in [5.41, 5.74) is 6.65. The van der Waals surface area contributed by atoms with Gasteiger partial charge >= 0.3 is 0 Å². The summed E-state index contributed by atoms with van der Waals surface area (Å²) in [5, 5.41) is 18.4. The molecule has 6 N–H and O–H groups in total. The van der Waals surface area contributed by atoms with E-state index in [9.17, 15) is 28.8 Å². The SMILES string of the molecule is CNC(C)C(=O)NC(CCCc1ccc(CC(NC(=O)C(C)NC)C(=O)N2CCCC2C(=O)NC2CCCc3ccccc32)cc1)C(=O)N1CCCC1C(=O)NC1CCCc2ccccc21. The van der Waals surface area contributed by atoms with Crippen molar-refractivity contribution in [2.75, 3.05) is 27.2 Å². The quantitative estimate of drug-likeness (QED) is 0.110. The summed E-state index contributed by atoms with van der Waals surface area (Å²) in [7, 11) is 3.39. The van der Waals surface area contributed by atoms with Crippen LogP contribution in [0, 0.1) is 0 Å². The number of likely N-dealkylation sites (N-methyl/N-ethyl adjacent to an activating group) is 2. The maximum Gasteiger partial charge on any atom is 0.246 e. The van der Waals surface area contributed by atoms with E-state index in [4.69, 9.17) is 0 Å². The third-order valence-electron chi connectivity index (χ3n) is 14.4. The lowest BCUT2D eigenvalue weighted by atomic mass is 9.87. The van der Waals surface area contributed by atoms with E-state index >= 15 is 0 Å². The topological polar surface area (TPSA) is 181 Å². The fourth-order valence-corrected chi connectivity index (χ4v) is 10.3. The van der Waals surface area contributed by atoms with Crippen LogP contribution in [-0.2, 0) is 54.5 Å². The van der Waals surface area contributed by atoms with Gasteiger partial charge in [0.25, 0.3) is 0 Å². The van der Waals surface area contributed by atoms with E-state index in [1.165, 1.54) is 11.1 Å². The minimum absolute atomic E-state index is 0.0911. The number of hydrogen-bond donors (Lipinski definition) is 6. The van der Waals surface area contributed by atoms with Crippen molar-refractivity contribution < 1.29 is 28.8 Å². The molecule has 6 amide bonds. The average Bonchev–Trinajstić information content (AvgIpc) is 4.05. The molecule has 4 aliphatic rings. The Morgan fingerprint density at radius 3 is 1.53 bits per heavy atom. The average molecular weight is 903 g/mol. The first-order valence-electron chi connectivity index (χ1n) is 24.4. The highest BCUT2D eigenvalue weighted by Gasteiger charge is 2.41. The van der Waals surface area contributed by atoms with Crippen LogP contribution in [0.15, 0.2) is 72.8 Å². The minimum atomic E-state index is -0.881. The molecule has 0 radical (unpaired) electrons. The predicted octanol–water partition coefficient (Wildman–Crippen LogP) is 4.11. The fourth-order valence-electron chi connectivity index (χ4n) is 10.3. The summed E-state index contributed by atoms with van der Waals surface area (Å²) >= 11 is 0. The molecule has 3 aromatic rings. The molecule has 2 heterocycles. The number of aryl methyl sites for hydroxylation is 3. The van der Waals surface area contributed by atoms with Crippen LogP contribution in [0.25, 0.3) is 0 Å². The Morgan fingerprint density at radius 1 is 0.576 bits per heavy atom. The number of likely N-dealkylation sites (tertiary alicyclic amines) is 2. The smallest absolute Gasteiger partial charge is 0.246 e. The zero-order valence-electron chi connectivity index (χ0n) is 39.2. The van der Waals surface area contributed by atoms with Crippen LogP contribution >= 0.6 is 0 Å². The van der Waals surface area contributed by atoms with E-state index in [1.54, 1.807) is 37.7 Å². The lowest BCUT2D eigenvalue weighted by Crippen LogP contribution is -2.56. The number of amides is 6. The first-order valence-corrected chi connectivity index (χ1v) is 24.4. The van der Waals surface area contributed by atoms with E-state index in [0.29, 0.717) is 58.0 Å². The first kappa shape index (κ1) is 48.3. The number of rotatable bonds is 18. The van der Waals surface area contributed by atoms with E-state index in [1.807, 2.05) is 48.5 Å². The van der Waals surface area contributed by atoms with Crippen LogP contribution in [0.5, 0.6) is 0 Å². The van der Waals surface area contributed by atoms with E-state index in [2.05, 4.69) is 56.2 Å². The lowest BCUT2D eigenvalue weighted by molar-refractivity contribution is -0.142. The third kappa shape index (κ3) is 11.7. The van der Waals surface area contributed by atoms with Gasteiger partial charge < -0.3 is 41.7 Å². The van der Waals surface area contributed by atoms with Gasteiger partial charge in [-0.25, -0.2) is 0 Å². The molecular formula is C52H70N8O6.